The maximum atomic E-state index is 7.40. The summed E-state index contributed by atoms with van der Waals surface area (Å²) in [5.74, 6) is 1.77. The fourth-order valence-corrected chi connectivity index (χ4v) is 1.77. The van der Waals surface area contributed by atoms with Gasteiger partial charge in [0.25, 0.3) is 0 Å². The van der Waals surface area contributed by atoms with E-state index >= 15 is 0 Å². The summed E-state index contributed by atoms with van der Waals surface area (Å²) in [6, 6.07) is 5.61. The first-order valence-corrected chi connectivity index (χ1v) is 5.89. The van der Waals surface area contributed by atoms with Gasteiger partial charge in [0.1, 0.15) is 11.7 Å². The normalized spacial score (nSPS) is 11.2. The van der Waals surface area contributed by atoms with Crippen LogP contribution >= 0.6 is 0 Å². The van der Waals surface area contributed by atoms with Crippen LogP contribution in [0.4, 0.5) is 0 Å². The van der Waals surface area contributed by atoms with Crippen LogP contribution in [0.1, 0.15) is 31.7 Å². The lowest BCUT2D eigenvalue weighted by molar-refractivity contribution is 0.577. The molecule has 90 valence electrons. The third-order valence-electron chi connectivity index (χ3n) is 2.80. The molecule has 4 N–H and O–H groups in total. The van der Waals surface area contributed by atoms with Gasteiger partial charge >= 0.3 is 0 Å². The molecule has 1 aromatic heterocycles. The first kappa shape index (κ1) is 11.6. The van der Waals surface area contributed by atoms with Crippen molar-refractivity contribution in [3.05, 3.63) is 29.6 Å². The summed E-state index contributed by atoms with van der Waals surface area (Å²) in [5.41, 5.74) is 8.09. The van der Waals surface area contributed by atoms with Crippen LogP contribution in [-0.4, -0.2) is 15.8 Å². The smallest absolute Gasteiger partial charge is 0.122 e. The molecule has 0 spiro atoms. The van der Waals surface area contributed by atoms with Crippen molar-refractivity contribution in [1.82, 2.24) is 9.97 Å². The summed E-state index contributed by atoms with van der Waals surface area (Å²) in [4.78, 5) is 7.80. The van der Waals surface area contributed by atoms with Crippen LogP contribution in [-0.2, 0) is 6.42 Å². The minimum Gasteiger partial charge on any atom is -0.384 e. The second-order valence-electron chi connectivity index (χ2n) is 4.76. The lowest BCUT2D eigenvalue weighted by Gasteiger charge is -2.00. The molecule has 0 radical (unpaired) electrons. The molecule has 1 heterocycles. The number of nitrogens with two attached hydrogens (primary N) is 1. The van der Waals surface area contributed by atoms with Crippen molar-refractivity contribution in [2.24, 2.45) is 11.7 Å². The van der Waals surface area contributed by atoms with E-state index in [9.17, 15) is 0 Å². The van der Waals surface area contributed by atoms with Gasteiger partial charge in [-0.2, -0.15) is 0 Å². The number of nitrogen functional groups attached to an aromatic ring is 1. The highest BCUT2D eigenvalue weighted by atomic mass is 14.9. The van der Waals surface area contributed by atoms with E-state index < -0.39 is 0 Å². The minimum absolute atomic E-state index is 0.0882. The molecule has 2 aromatic rings. The lowest BCUT2D eigenvalue weighted by atomic mass is 10.1. The minimum atomic E-state index is 0.0882. The summed E-state index contributed by atoms with van der Waals surface area (Å²) in [6.07, 6.45) is 2.08. The molecule has 0 aliphatic carbocycles. The molecule has 4 heteroatoms. The molecule has 0 saturated heterocycles. The van der Waals surface area contributed by atoms with E-state index in [0.29, 0.717) is 5.92 Å². The van der Waals surface area contributed by atoms with Crippen LogP contribution in [0.2, 0.25) is 0 Å². The van der Waals surface area contributed by atoms with E-state index in [1.807, 2.05) is 18.2 Å². The fourth-order valence-electron chi connectivity index (χ4n) is 1.77. The van der Waals surface area contributed by atoms with E-state index in [-0.39, 0.29) is 5.84 Å². The zero-order valence-electron chi connectivity index (χ0n) is 10.2. The number of nitrogens with zero attached hydrogens (tertiary/aromatic N) is 1. The largest absolute Gasteiger partial charge is 0.384 e. The van der Waals surface area contributed by atoms with Gasteiger partial charge in [0.15, 0.2) is 0 Å². The van der Waals surface area contributed by atoms with E-state index in [1.54, 1.807) is 0 Å². The molecular weight excluding hydrogens is 212 g/mol. The summed E-state index contributed by atoms with van der Waals surface area (Å²) >= 11 is 0. The number of hydrogen-bond donors (Lipinski definition) is 3. The monoisotopic (exact) mass is 230 g/mol. The Bertz CT molecular complexity index is 539. The molecule has 1 aromatic carbocycles. The van der Waals surface area contributed by atoms with Gasteiger partial charge in [0, 0.05) is 12.0 Å². The van der Waals surface area contributed by atoms with Crippen molar-refractivity contribution in [1.29, 1.82) is 5.41 Å². The highest BCUT2D eigenvalue weighted by molar-refractivity contribution is 5.97. The lowest BCUT2D eigenvalue weighted by Crippen LogP contribution is -2.10. The standard InChI is InChI=1S/C13H18N4/c1-8(2)3-6-12-16-10-5-4-9(13(14)15)7-11(10)17-12/h4-5,7-8H,3,6H2,1-2H3,(H3,14,15)(H,16,17). The molecule has 0 saturated carbocycles. The number of rotatable bonds is 4. The third kappa shape index (κ3) is 2.64. The van der Waals surface area contributed by atoms with E-state index in [0.717, 1.165) is 35.3 Å². The molecule has 17 heavy (non-hydrogen) atoms. The number of hydrogen-bond acceptors (Lipinski definition) is 2. The van der Waals surface area contributed by atoms with Crippen LogP contribution in [0, 0.1) is 11.3 Å². The van der Waals surface area contributed by atoms with Crippen LogP contribution in [0.5, 0.6) is 0 Å². The SMILES string of the molecule is CC(C)CCc1nc2ccc(C(=N)N)cc2[nH]1. The number of benzene rings is 1. The number of aromatic amines is 1. The number of aryl methyl sites for hydroxylation is 1. The van der Waals surface area contributed by atoms with Gasteiger partial charge in [-0.1, -0.05) is 13.8 Å². The average Bonchev–Trinajstić information content (AvgIpc) is 2.67. The van der Waals surface area contributed by atoms with Gasteiger partial charge < -0.3 is 10.7 Å². The topological polar surface area (TPSA) is 78.6 Å². The summed E-state index contributed by atoms with van der Waals surface area (Å²) in [7, 11) is 0. The summed E-state index contributed by atoms with van der Waals surface area (Å²) in [6.45, 7) is 4.41. The quantitative estimate of drug-likeness (QED) is 0.557. The zero-order valence-corrected chi connectivity index (χ0v) is 10.2. The molecule has 0 aliphatic heterocycles. The third-order valence-corrected chi connectivity index (χ3v) is 2.80. The van der Waals surface area contributed by atoms with Crippen molar-refractivity contribution in [3.8, 4) is 0 Å². The predicted molar refractivity (Wildman–Crippen MR) is 70.3 cm³/mol. The molecule has 0 amide bonds. The number of fused-ring (bicyclic) bond motifs is 1. The molecule has 4 nitrogen and oxygen atoms in total. The molecule has 0 unspecified atom stereocenters. The van der Waals surface area contributed by atoms with E-state index in [4.69, 9.17) is 11.1 Å². The van der Waals surface area contributed by atoms with E-state index in [1.165, 1.54) is 0 Å². The summed E-state index contributed by atoms with van der Waals surface area (Å²) in [5, 5.41) is 7.40. The molecule has 0 atom stereocenters. The van der Waals surface area contributed by atoms with Crippen molar-refractivity contribution in [2.75, 3.05) is 0 Å². The Morgan fingerprint density at radius 3 is 2.88 bits per heavy atom. The Morgan fingerprint density at radius 1 is 1.47 bits per heavy atom. The Kier molecular flexibility index (Phi) is 3.13. The summed E-state index contributed by atoms with van der Waals surface area (Å²) < 4.78 is 0. The van der Waals surface area contributed by atoms with E-state index in [2.05, 4.69) is 23.8 Å². The zero-order chi connectivity index (χ0) is 12.4. The Morgan fingerprint density at radius 2 is 2.24 bits per heavy atom. The number of H-pyrrole nitrogens is 1. The number of aromatic nitrogens is 2. The first-order valence-electron chi connectivity index (χ1n) is 5.89. The van der Waals surface area contributed by atoms with Crippen LogP contribution in [0.3, 0.4) is 0 Å². The van der Waals surface area contributed by atoms with Crippen molar-refractivity contribution >= 4 is 16.9 Å². The molecule has 0 fully saturated rings. The highest BCUT2D eigenvalue weighted by Crippen LogP contribution is 2.15. The maximum Gasteiger partial charge on any atom is 0.122 e. The number of amidine groups is 1. The van der Waals surface area contributed by atoms with Gasteiger partial charge in [-0.05, 0) is 30.5 Å². The second kappa shape index (κ2) is 4.57. The van der Waals surface area contributed by atoms with Gasteiger partial charge in [-0.15, -0.1) is 0 Å². The molecule has 0 bridgehead atoms. The predicted octanol–water partition coefficient (Wildman–Crippen LogP) is 2.44. The molecular formula is C13H18N4. The highest BCUT2D eigenvalue weighted by Gasteiger charge is 2.05. The number of nitrogens with one attached hydrogen (secondary N) is 2. The number of imidazole rings is 1. The van der Waals surface area contributed by atoms with Crippen molar-refractivity contribution in [2.45, 2.75) is 26.7 Å². The molecule has 0 aliphatic rings. The Hall–Kier alpha value is -1.84. The molecule has 2 rings (SSSR count). The fraction of sp³-hybridized carbons (Fsp3) is 0.385. The first-order chi connectivity index (χ1) is 8.06. The van der Waals surface area contributed by atoms with Crippen LogP contribution < -0.4 is 5.73 Å². The Labute approximate surface area is 101 Å². The maximum absolute atomic E-state index is 7.40. The second-order valence-corrected chi connectivity index (χ2v) is 4.76. The van der Waals surface area contributed by atoms with Gasteiger partial charge in [-0.3, -0.25) is 5.41 Å². The van der Waals surface area contributed by atoms with Gasteiger partial charge in [0.2, 0.25) is 0 Å². The van der Waals surface area contributed by atoms with Crippen molar-refractivity contribution < 1.29 is 0 Å². The van der Waals surface area contributed by atoms with Crippen LogP contribution in [0.25, 0.3) is 11.0 Å². The Balaban J connectivity index is 2.27. The van der Waals surface area contributed by atoms with Crippen molar-refractivity contribution in [3.63, 3.8) is 0 Å². The van der Waals surface area contributed by atoms with Gasteiger partial charge in [-0.25, -0.2) is 4.98 Å². The average molecular weight is 230 g/mol. The van der Waals surface area contributed by atoms with Gasteiger partial charge in [0.05, 0.1) is 11.0 Å². The van der Waals surface area contributed by atoms with Crippen LogP contribution in [0.15, 0.2) is 18.2 Å².